The number of ether oxygens (including phenoxy) is 1. The van der Waals surface area contributed by atoms with Gasteiger partial charge in [-0.1, -0.05) is 48.0 Å². The van der Waals surface area contributed by atoms with Crippen molar-refractivity contribution < 1.29 is 13.2 Å². The van der Waals surface area contributed by atoms with Gasteiger partial charge in [-0.2, -0.15) is 5.10 Å². The number of fused-ring (bicyclic) bond motifs is 1. The maximum Gasteiger partial charge on any atom is 0.226 e. The minimum Gasteiger partial charge on any atom is -0.491 e. The quantitative estimate of drug-likeness (QED) is 0.359. The lowest BCUT2D eigenvalue weighted by Crippen LogP contribution is -2.07. The van der Waals surface area contributed by atoms with Gasteiger partial charge in [0.05, 0.1) is 18.0 Å². The Morgan fingerprint density at radius 3 is 2.50 bits per heavy atom. The average molecular weight is 470 g/mol. The molecule has 0 saturated heterocycles. The number of nitrogens with two attached hydrogens (primary N) is 1. The molecule has 0 unspecified atom stereocenters. The fourth-order valence-corrected chi connectivity index (χ4v) is 5.16. The van der Waals surface area contributed by atoms with Gasteiger partial charge in [-0.3, -0.25) is 4.68 Å². The van der Waals surface area contributed by atoms with Crippen LogP contribution in [0.2, 0.25) is 5.02 Å². The fraction of sp³-hybridized carbons (Fsp3) is 0.208. The largest absolute Gasteiger partial charge is 0.491 e. The molecule has 0 saturated carbocycles. The molecule has 32 heavy (non-hydrogen) atoms. The standard InChI is InChI=1S/C24H24ClN3O3S/c25-19-9-6-8-18(16-19)17-28-23-21(12-7-13-22(23)31-15-5-4-14-26)24(27-28)32(29,30)20-10-2-1-3-11-20/h1-3,6-13,16H,4-5,14-15,17,26H2. The highest BCUT2D eigenvalue weighted by Crippen LogP contribution is 2.33. The number of hydrogen-bond acceptors (Lipinski definition) is 5. The number of nitrogens with zero attached hydrogens (tertiary/aromatic N) is 2. The molecule has 1 aromatic heterocycles. The summed E-state index contributed by atoms with van der Waals surface area (Å²) >= 11 is 6.16. The third kappa shape index (κ3) is 4.65. The Morgan fingerprint density at radius 2 is 1.75 bits per heavy atom. The molecule has 0 fully saturated rings. The van der Waals surface area contributed by atoms with Crippen molar-refractivity contribution >= 4 is 32.3 Å². The first-order chi connectivity index (χ1) is 15.5. The van der Waals surface area contributed by atoms with E-state index in [4.69, 9.17) is 22.1 Å². The molecule has 0 spiro atoms. The van der Waals surface area contributed by atoms with E-state index in [0.717, 1.165) is 18.4 Å². The van der Waals surface area contributed by atoms with Crippen molar-refractivity contribution in [1.29, 1.82) is 0 Å². The number of halogens is 1. The van der Waals surface area contributed by atoms with Crippen molar-refractivity contribution in [2.75, 3.05) is 13.2 Å². The minimum atomic E-state index is -3.82. The second-order valence-electron chi connectivity index (χ2n) is 7.41. The molecule has 1 heterocycles. The van der Waals surface area contributed by atoms with E-state index in [0.29, 0.717) is 41.4 Å². The van der Waals surface area contributed by atoms with E-state index in [1.807, 2.05) is 24.3 Å². The maximum absolute atomic E-state index is 13.4. The lowest BCUT2D eigenvalue weighted by Gasteiger charge is -2.10. The smallest absolute Gasteiger partial charge is 0.226 e. The summed E-state index contributed by atoms with van der Waals surface area (Å²) in [7, 11) is -3.82. The predicted octanol–water partition coefficient (Wildman–Crippen LogP) is 4.69. The summed E-state index contributed by atoms with van der Waals surface area (Å²) < 4.78 is 34.5. The van der Waals surface area contributed by atoms with Gasteiger partial charge in [0.1, 0.15) is 11.3 Å². The average Bonchev–Trinajstić information content (AvgIpc) is 3.17. The summed E-state index contributed by atoms with van der Waals surface area (Å²) in [5.41, 5.74) is 7.12. The summed E-state index contributed by atoms with van der Waals surface area (Å²) in [4.78, 5) is 0.198. The fourth-order valence-electron chi connectivity index (χ4n) is 3.55. The van der Waals surface area contributed by atoms with Crippen LogP contribution in [0.5, 0.6) is 5.75 Å². The summed E-state index contributed by atoms with van der Waals surface area (Å²) in [5, 5.41) is 5.69. The minimum absolute atomic E-state index is 0.00753. The van der Waals surface area contributed by atoms with Gasteiger partial charge in [0.15, 0.2) is 5.03 Å². The Balaban J connectivity index is 1.84. The molecule has 0 aliphatic carbocycles. The molecule has 0 atom stereocenters. The summed E-state index contributed by atoms with van der Waals surface area (Å²) in [5.74, 6) is 0.587. The van der Waals surface area contributed by atoms with Crippen LogP contribution in [0.4, 0.5) is 0 Å². The number of unbranched alkanes of at least 4 members (excludes halogenated alkanes) is 1. The van der Waals surface area contributed by atoms with Crippen LogP contribution in [0, 0.1) is 0 Å². The van der Waals surface area contributed by atoms with Crippen molar-refractivity contribution in [1.82, 2.24) is 9.78 Å². The van der Waals surface area contributed by atoms with Gasteiger partial charge in [-0.05, 0) is 61.3 Å². The predicted molar refractivity (Wildman–Crippen MR) is 126 cm³/mol. The first kappa shape index (κ1) is 22.3. The Labute approximate surface area is 192 Å². The molecule has 3 aromatic carbocycles. The Morgan fingerprint density at radius 1 is 0.969 bits per heavy atom. The number of para-hydroxylation sites is 1. The van der Waals surface area contributed by atoms with E-state index in [2.05, 4.69) is 5.10 Å². The van der Waals surface area contributed by atoms with Crippen LogP contribution in [0.3, 0.4) is 0 Å². The number of benzene rings is 3. The lowest BCUT2D eigenvalue weighted by atomic mass is 10.2. The first-order valence-electron chi connectivity index (χ1n) is 10.4. The monoisotopic (exact) mass is 469 g/mol. The van der Waals surface area contributed by atoms with E-state index in [1.165, 1.54) is 0 Å². The third-order valence-corrected chi connectivity index (χ3v) is 7.02. The highest BCUT2D eigenvalue weighted by atomic mass is 35.5. The normalized spacial score (nSPS) is 11.7. The first-order valence-corrected chi connectivity index (χ1v) is 12.2. The highest BCUT2D eigenvalue weighted by Gasteiger charge is 2.27. The second-order valence-corrected chi connectivity index (χ2v) is 9.71. The molecule has 0 amide bonds. The number of rotatable bonds is 9. The lowest BCUT2D eigenvalue weighted by molar-refractivity contribution is 0.310. The molecule has 0 radical (unpaired) electrons. The Hall–Kier alpha value is -2.87. The van der Waals surface area contributed by atoms with Crippen LogP contribution in [-0.2, 0) is 16.4 Å². The molecule has 166 valence electrons. The van der Waals surface area contributed by atoms with Gasteiger partial charge in [-0.25, -0.2) is 8.42 Å². The van der Waals surface area contributed by atoms with Crippen molar-refractivity contribution in [3.8, 4) is 5.75 Å². The van der Waals surface area contributed by atoms with Gasteiger partial charge < -0.3 is 10.5 Å². The molecule has 4 aromatic rings. The number of aromatic nitrogens is 2. The van der Waals surface area contributed by atoms with Crippen LogP contribution in [0.15, 0.2) is 82.7 Å². The zero-order valence-corrected chi connectivity index (χ0v) is 19.0. The zero-order valence-electron chi connectivity index (χ0n) is 17.4. The molecule has 4 rings (SSSR count). The maximum atomic E-state index is 13.4. The van der Waals surface area contributed by atoms with Crippen molar-refractivity contribution in [2.24, 2.45) is 5.73 Å². The van der Waals surface area contributed by atoms with Crippen LogP contribution in [0.1, 0.15) is 18.4 Å². The number of hydrogen-bond donors (Lipinski definition) is 1. The van der Waals surface area contributed by atoms with Crippen LogP contribution in [0.25, 0.3) is 10.9 Å². The van der Waals surface area contributed by atoms with Gasteiger partial charge in [0, 0.05) is 10.4 Å². The van der Waals surface area contributed by atoms with E-state index in [9.17, 15) is 8.42 Å². The van der Waals surface area contributed by atoms with Crippen LogP contribution in [-0.4, -0.2) is 31.3 Å². The van der Waals surface area contributed by atoms with E-state index in [1.54, 1.807) is 53.2 Å². The molecule has 8 heteroatoms. The van der Waals surface area contributed by atoms with E-state index in [-0.39, 0.29) is 9.92 Å². The van der Waals surface area contributed by atoms with Gasteiger partial charge >= 0.3 is 0 Å². The summed E-state index contributed by atoms with van der Waals surface area (Å²) in [6, 6.07) is 21.1. The SMILES string of the molecule is NCCCCOc1cccc2c(S(=O)(=O)c3ccccc3)nn(Cc3cccc(Cl)c3)c12. The topological polar surface area (TPSA) is 87.2 Å². The van der Waals surface area contributed by atoms with Crippen molar-refractivity contribution in [3.05, 3.63) is 83.4 Å². The van der Waals surface area contributed by atoms with Crippen molar-refractivity contribution in [2.45, 2.75) is 29.3 Å². The van der Waals surface area contributed by atoms with E-state index >= 15 is 0 Å². The van der Waals surface area contributed by atoms with Gasteiger partial charge in [0.2, 0.25) is 9.84 Å². The van der Waals surface area contributed by atoms with Gasteiger partial charge in [0.25, 0.3) is 0 Å². The summed E-state index contributed by atoms with van der Waals surface area (Å²) in [6.07, 6.45) is 1.66. The Kier molecular flexibility index (Phi) is 6.79. The molecule has 0 aliphatic heterocycles. The van der Waals surface area contributed by atoms with Gasteiger partial charge in [-0.15, -0.1) is 0 Å². The second kappa shape index (κ2) is 9.73. The van der Waals surface area contributed by atoms with E-state index < -0.39 is 9.84 Å². The molecular weight excluding hydrogens is 446 g/mol. The highest BCUT2D eigenvalue weighted by molar-refractivity contribution is 7.91. The molecule has 0 aliphatic rings. The molecule has 6 nitrogen and oxygen atoms in total. The number of sulfone groups is 1. The molecular formula is C24H24ClN3O3S. The zero-order chi connectivity index (χ0) is 22.6. The molecule has 2 N–H and O–H groups in total. The van der Waals surface area contributed by atoms with Crippen LogP contribution >= 0.6 is 11.6 Å². The Bertz CT molecular complexity index is 1320. The van der Waals surface area contributed by atoms with Crippen molar-refractivity contribution in [3.63, 3.8) is 0 Å². The third-order valence-electron chi connectivity index (χ3n) is 5.08. The van der Waals surface area contributed by atoms with Crippen LogP contribution < -0.4 is 10.5 Å². The molecule has 0 bridgehead atoms. The summed E-state index contributed by atoms with van der Waals surface area (Å²) in [6.45, 7) is 1.43.